The summed E-state index contributed by atoms with van der Waals surface area (Å²) in [5, 5.41) is 17.4. The summed E-state index contributed by atoms with van der Waals surface area (Å²) in [7, 11) is 2.43. The average Bonchev–Trinajstić information content (AvgIpc) is 3.99. The maximum Gasteiger partial charge on any atom is 0.245 e. The van der Waals surface area contributed by atoms with Crippen molar-refractivity contribution >= 4 is 91.7 Å². The van der Waals surface area contributed by atoms with Crippen molar-refractivity contribution in [2.45, 2.75) is 107 Å². The predicted octanol–water partition coefficient (Wildman–Crippen LogP) is -1.75. The van der Waals surface area contributed by atoms with Crippen molar-refractivity contribution in [1.82, 2.24) is 41.8 Å². The molecule has 1 unspecified atom stereocenters. The molecule has 2 aliphatic heterocycles. The highest BCUT2D eigenvalue weighted by Crippen LogP contribution is 2.26. The molecule has 0 aliphatic carbocycles. The minimum absolute atomic E-state index is 0.00334. The number of para-hydroxylation sites is 1. The summed E-state index contributed by atoms with van der Waals surface area (Å²) < 4.78 is 0. The van der Waals surface area contributed by atoms with Gasteiger partial charge in [0.1, 0.15) is 42.3 Å². The molecule has 0 saturated carbocycles. The summed E-state index contributed by atoms with van der Waals surface area (Å²) in [6.07, 6.45) is 3.05. The molecule has 25 heteroatoms. The number of nitrogens with two attached hydrogens (primary N) is 5. The van der Waals surface area contributed by atoms with Crippen LogP contribution in [0.1, 0.15) is 63.0 Å². The molecule has 5 rings (SSSR count). The highest BCUT2D eigenvalue weighted by atomic mass is 33.1. The van der Waals surface area contributed by atoms with Crippen molar-refractivity contribution in [3.05, 3.63) is 71.9 Å². The second-order valence-electron chi connectivity index (χ2n) is 17.2. The highest BCUT2D eigenvalue weighted by molar-refractivity contribution is 8.76. The Morgan fingerprint density at radius 3 is 2.10 bits per heavy atom. The highest BCUT2D eigenvalue weighted by Gasteiger charge is 2.40. The zero-order valence-corrected chi connectivity index (χ0v) is 41.2. The summed E-state index contributed by atoms with van der Waals surface area (Å²) in [5.41, 5.74) is 30.0. The molecular formula is C46H65N15O8S2. The quantitative estimate of drug-likeness (QED) is 0.0328. The second-order valence-corrected chi connectivity index (χ2v) is 19.8. The topological polar surface area (TPSA) is 383 Å². The first-order valence-corrected chi connectivity index (χ1v) is 25.8. The summed E-state index contributed by atoms with van der Waals surface area (Å²) in [6, 6.07) is 7.90. The Morgan fingerprint density at radius 1 is 0.761 bits per heavy atom. The standard InChI is InChI=1S/C46H65N15O8S2/c1-26(62)55-31(14-7-18-52-45(48)49)39(64)57-33-17-21-70-71-25-36(38(47)63)60-42(67)35(23-28-24-54-30-13-6-5-12-29(28)30)58-40(65)32(15-8-19-53-46(50)51)56-41(66)34(22-27-10-3-2-4-11-27)59-43(68)37-16-9-20-61(37)44(33)69/h2-6,10-13,24,31-37,54H,7-9,14-23,25H2,1H3,(H2,47,63)(H,55,62)(H,56,66)(H,57,64)(H,58,65)(H,59,68)(H,60,67)(H4,48,49,52)(H4,50,51,53)/t31-,32-,33?,34+,35-,36-,37+/m0/s1. The van der Waals surface area contributed by atoms with E-state index in [2.05, 4.69) is 46.9 Å². The number of amides is 8. The molecule has 7 atom stereocenters. The van der Waals surface area contributed by atoms with Crippen molar-refractivity contribution in [1.29, 1.82) is 0 Å². The molecule has 17 N–H and O–H groups in total. The number of primary amides is 1. The van der Waals surface area contributed by atoms with E-state index < -0.39 is 89.6 Å². The van der Waals surface area contributed by atoms with Crippen molar-refractivity contribution in [2.75, 3.05) is 31.1 Å². The fraction of sp³-hybridized carbons (Fsp3) is 0.478. The molecule has 384 valence electrons. The third-order valence-electron chi connectivity index (χ3n) is 11.8. The number of hydrogen-bond donors (Lipinski definition) is 12. The largest absolute Gasteiger partial charge is 0.370 e. The van der Waals surface area contributed by atoms with Gasteiger partial charge in [-0.15, -0.1) is 0 Å². The van der Waals surface area contributed by atoms with Gasteiger partial charge in [-0.1, -0.05) is 70.1 Å². The number of carbonyl (C=O) groups excluding carboxylic acids is 8. The van der Waals surface area contributed by atoms with Crippen molar-refractivity contribution < 1.29 is 38.4 Å². The number of fused-ring (bicyclic) bond motifs is 2. The number of guanidine groups is 2. The molecule has 2 saturated heterocycles. The molecule has 2 aliphatic rings. The number of aromatic amines is 1. The van der Waals surface area contributed by atoms with E-state index in [0.29, 0.717) is 24.0 Å². The number of carbonyl (C=O) groups is 8. The Morgan fingerprint density at radius 2 is 1.39 bits per heavy atom. The van der Waals surface area contributed by atoms with Gasteiger partial charge in [0.25, 0.3) is 0 Å². The Balaban J connectivity index is 1.51. The molecule has 1 aromatic heterocycles. The van der Waals surface area contributed by atoms with E-state index in [1.165, 1.54) is 33.4 Å². The van der Waals surface area contributed by atoms with Crippen molar-refractivity contribution in [3.63, 3.8) is 0 Å². The molecule has 23 nitrogen and oxygen atoms in total. The average molecular weight is 1020 g/mol. The first-order valence-electron chi connectivity index (χ1n) is 23.3. The van der Waals surface area contributed by atoms with E-state index in [1.807, 2.05) is 24.3 Å². The van der Waals surface area contributed by atoms with Gasteiger partial charge < -0.3 is 70.5 Å². The summed E-state index contributed by atoms with van der Waals surface area (Å²) in [5.74, 6) is -5.51. The molecule has 8 amide bonds. The number of hydrogen-bond acceptors (Lipinski definition) is 12. The van der Waals surface area contributed by atoms with E-state index in [-0.39, 0.29) is 88.0 Å². The Kier molecular flexibility index (Phi) is 21.2. The van der Waals surface area contributed by atoms with Gasteiger partial charge >= 0.3 is 0 Å². The number of aromatic nitrogens is 1. The molecule has 71 heavy (non-hydrogen) atoms. The van der Waals surface area contributed by atoms with Gasteiger partial charge in [0.05, 0.1) is 0 Å². The summed E-state index contributed by atoms with van der Waals surface area (Å²) in [6.45, 7) is 1.69. The lowest BCUT2D eigenvalue weighted by Crippen LogP contribution is -2.60. The summed E-state index contributed by atoms with van der Waals surface area (Å²) >= 11 is 0. The zero-order valence-electron chi connectivity index (χ0n) is 39.5. The molecule has 3 aromatic rings. The lowest BCUT2D eigenvalue weighted by molar-refractivity contribution is -0.142. The van der Waals surface area contributed by atoms with Gasteiger partial charge in [0.15, 0.2) is 11.9 Å². The normalized spacial score (nSPS) is 22.3. The number of nitrogens with zero attached hydrogens (tertiary/aromatic N) is 3. The molecule has 0 radical (unpaired) electrons. The Labute approximate surface area is 419 Å². The first-order chi connectivity index (χ1) is 34.0. The van der Waals surface area contributed by atoms with E-state index in [9.17, 15) is 38.4 Å². The van der Waals surface area contributed by atoms with Crippen LogP contribution in [0.2, 0.25) is 0 Å². The second kappa shape index (κ2) is 27.4. The number of aliphatic imine (C=N–C) groups is 2. The minimum Gasteiger partial charge on any atom is -0.370 e. The van der Waals surface area contributed by atoms with Crippen LogP contribution in [0.15, 0.2) is 70.8 Å². The fourth-order valence-corrected chi connectivity index (χ4v) is 10.5. The van der Waals surface area contributed by atoms with Crippen LogP contribution in [-0.2, 0) is 51.2 Å². The minimum atomic E-state index is -1.29. The van der Waals surface area contributed by atoms with Gasteiger partial charge in [-0.05, 0) is 62.1 Å². The van der Waals surface area contributed by atoms with E-state index in [1.54, 1.807) is 36.5 Å². The van der Waals surface area contributed by atoms with Gasteiger partial charge in [-0.3, -0.25) is 48.3 Å². The number of rotatable bonds is 16. The van der Waals surface area contributed by atoms with Crippen LogP contribution in [0.25, 0.3) is 10.9 Å². The van der Waals surface area contributed by atoms with Crippen LogP contribution < -0.4 is 60.6 Å². The van der Waals surface area contributed by atoms with Crippen LogP contribution in [0, 0.1) is 0 Å². The van der Waals surface area contributed by atoms with Crippen LogP contribution >= 0.6 is 21.6 Å². The first kappa shape index (κ1) is 54.9. The van der Waals surface area contributed by atoms with Crippen LogP contribution in [0.4, 0.5) is 0 Å². The number of benzene rings is 2. The van der Waals surface area contributed by atoms with E-state index in [0.717, 1.165) is 10.9 Å². The van der Waals surface area contributed by atoms with Crippen molar-refractivity contribution in [2.24, 2.45) is 38.7 Å². The molecule has 0 bridgehead atoms. The third-order valence-corrected chi connectivity index (χ3v) is 14.2. The van der Waals surface area contributed by atoms with E-state index >= 15 is 0 Å². The van der Waals surface area contributed by atoms with Gasteiger partial charge in [-0.2, -0.15) is 0 Å². The van der Waals surface area contributed by atoms with Gasteiger partial charge in [0, 0.05) is 68.0 Å². The van der Waals surface area contributed by atoms with Gasteiger partial charge in [-0.25, -0.2) is 0 Å². The molecule has 3 heterocycles. The molecular weight excluding hydrogens is 955 g/mol. The third kappa shape index (κ3) is 17.1. The lowest BCUT2D eigenvalue weighted by atomic mass is 10.0. The maximum atomic E-state index is 14.6. The SMILES string of the molecule is CC(=O)N[C@@H](CCCN=C(N)N)C(=O)NC1CCSSC[C@@H](C(N)=O)NC(=O)[C@H](Cc2c[nH]c3ccccc23)NC(=O)[C@H](CCCN=C(N)N)NC(=O)[C@@H](Cc2ccccc2)NC(=O)[C@H]2CCCN2C1=O. The zero-order chi connectivity index (χ0) is 51.5. The van der Waals surface area contributed by atoms with Crippen LogP contribution in [0.3, 0.4) is 0 Å². The number of nitrogens with one attached hydrogen (secondary N) is 7. The maximum absolute atomic E-state index is 14.6. The lowest BCUT2D eigenvalue weighted by Gasteiger charge is -2.31. The Hall–Kier alpha value is -7.02. The van der Waals surface area contributed by atoms with Crippen LogP contribution in [-0.4, -0.2) is 142 Å². The molecule has 2 fully saturated rings. The Bertz CT molecular complexity index is 2410. The smallest absolute Gasteiger partial charge is 0.245 e. The number of H-pyrrole nitrogens is 1. The monoisotopic (exact) mass is 1020 g/mol. The predicted molar refractivity (Wildman–Crippen MR) is 273 cm³/mol. The van der Waals surface area contributed by atoms with Crippen LogP contribution in [0.5, 0.6) is 0 Å². The molecule has 2 aromatic carbocycles. The molecule has 0 spiro atoms. The fourth-order valence-electron chi connectivity index (χ4n) is 8.23. The van der Waals surface area contributed by atoms with Gasteiger partial charge in [0.2, 0.25) is 47.3 Å². The van der Waals surface area contributed by atoms with Crippen molar-refractivity contribution in [3.8, 4) is 0 Å². The summed E-state index contributed by atoms with van der Waals surface area (Å²) in [4.78, 5) is 124. The van der Waals surface area contributed by atoms with E-state index in [4.69, 9.17) is 28.7 Å².